The largest absolute Gasteiger partial charge is 0.307 e. The van der Waals surface area contributed by atoms with Crippen molar-refractivity contribution in [1.29, 1.82) is 5.26 Å². The molecule has 39 heavy (non-hydrogen) atoms. The Morgan fingerprint density at radius 1 is 0.923 bits per heavy atom. The second-order valence-corrected chi connectivity index (χ2v) is 12.3. The van der Waals surface area contributed by atoms with Gasteiger partial charge in [0.15, 0.2) is 0 Å². The van der Waals surface area contributed by atoms with Gasteiger partial charge in [0.05, 0.1) is 22.1 Å². The first-order valence-corrected chi connectivity index (χ1v) is 14.2. The summed E-state index contributed by atoms with van der Waals surface area (Å²) in [5, 5.41) is 18.7. The molecule has 0 bridgehead atoms. The van der Waals surface area contributed by atoms with E-state index in [2.05, 4.69) is 98.8 Å². The van der Waals surface area contributed by atoms with E-state index in [1.165, 1.54) is 69.6 Å². The lowest BCUT2D eigenvalue weighted by Gasteiger charge is -2.35. The summed E-state index contributed by atoms with van der Waals surface area (Å²) >= 11 is 0. The Labute approximate surface area is 229 Å². The zero-order chi connectivity index (χ0) is 27.1. The number of hydrogen-bond donors (Lipinski definition) is 0. The third kappa shape index (κ3) is 3.26. The van der Waals surface area contributed by atoms with Crippen molar-refractivity contribution in [3.63, 3.8) is 0 Å². The summed E-state index contributed by atoms with van der Waals surface area (Å²) in [6, 6.07) is 22.2. The molecule has 0 unspecified atom stereocenters. The van der Waals surface area contributed by atoms with E-state index in [1.807, 2.05) is 6.07 Å². The van der Waals surface area contributed by atoms with Crippen LogP contribution in [0.25, 0.3) is 61.5 Å². The average Bonchev–Trinajstić information content (AvgIpc) is 3.27. The van der Waals surface area contributed by atoms with Gasteiger partial charge in [-0.1, -0.05) is 81.1 Å². The summed E-state index contributed by atoms with van der Waals surface area (Å²) in [7, 11) is 0. The van der Waals surface area contributed by atoms with Crippen LogP contribution in [0.15, 0.2) is 60.7 Å². The van der Waals surface area contributed by atoms with E-state index in [0.717, 1.165) is 32.5 Å². The Morgan fingerprint density at radius 3 is 2.28 bits per heavy atom. The number of rotatable bonds is 2. The van der Waals surface area contributed by atoms with Crippen molar-refractivity contribution in [3.05, 3.63) is 88.1 Å². The predicted octanol–water partition coefficient (Wildman–Crippen LogP) is 9.58. The van der Waals surface area contributed by atoms with E-state index < -0.39 is 0 Å². The van der Waals surface area contributed by atoms with Crippen LogP contribution in [0.5, 0.6) is 0 Å². The lowest BCUT2D eigenvalue weighted by molar-refractivity contribution is 0.225. The predicted molar refractivity (Wildman–Crippen MR) is 167 cm³/mol. The maximum absolute atomic E-state index is 10.6. The van der Waals surface area contributed by atoms with E-state index in [1.54, 1.807) is 0 Å². The number of aryl methyl sites for hydroxylation is 1. The van der Waals surface area contributed by atoms with E-state index in [4.69, 9.17) is 6.58 Å². The zero-order valence-electron chi connectivity index (χ0n) is 23.4. The van der Waals surface area contributed by atoms with Crippen LogP contribution >= 0.6 is 0 Å². The highest BCUT2D eigenvalue weighted by Crippen LogP contribution is 2.48. The molecule has 192 valence electrons. The van der Waals surface area contributed by atoms with Gasteiger partial charge in [0.2, 0.25) is 0 Å². The van der Waals surface area contributed by atoms with Crippen molar-refractivity contribution in [2.24, 2.45) is 5.41 Å². The van der Waals surface area contributed by atoms with Crippen molar-refractivity contribution in [3.8, 4) is 6.07 Å². The molecule has 1 saturated carbocycles. The Morgan fingerprint density at radius 2 is 1.59 bits per heavy atom. The second-order valence-electron chi connectivity index (χ2n) is 12.3. The van der Waals surface area contributed by atoms with Crippen molar-refractivity contribution < 1.29 is 0 Å². The third-order valence-corrected chi connectivity index (χ3v) is 9.51. The molecule has 0 N–H and O–H groups in total. The van der Waals surface area contributed by atoms with E-state index in [-0.39, 0.29) is 0 Å². The molecule has 2 heteroatoms. The number of fused-ring (bicyclic) bond motifs is 6. The second kappa shape index (κ2) is 8.45. The van der Waals surface area contributed by atoms with Crippen LogP contribution in [0.3, 0.4) is 0 Å². The van der Waals surface area contributed by atoms with Gasteiger partial charge in [-0.15, -0.1) is 0 Å². The molecule has 2 aromatic heterocycles. The number of pyridine rings is 1. The first-order valence-electron chi connectivity index (χ1n) is 14.2. The highest BCUT2D eigenvalue weighted by Gasteiger charge is 2.31. The van der Waals surface area contributed by atoms with Crippen molar-refractivity contribution in [1.82, 2.24) is 4.40 Å². The molecule has 0 atom stereocenters. The minimum atomic E-state index is 0.411. The van der Waals surface area contributed by atoms with Crippen LogP contribution in [-0.4, -0.2) is 4.40 Å². The molecular formula is C37H34N2. The van der Waals surface area contributed by atoms with Crippen LogP contribution in [0.1, 0.15) is 74.6 Å². The third-order valence-electron chi connectivity index (χ3n) is 9.51. The molecule has 4 aromatic carbocycles. The first-order chi connectivity index (χ1) is 18.9. The van der Waals surface area contributed by atoms with Crippen LogP contribution < -0.4 is 5.22 Å². The Bertz CT molecular complexity index is 2090. The molecule has 0 amide bonds. The first kappa shape index (κ1) is 24.0. The Balaban J connectivity index is 1.78. The minimum Gasteiger partial charge on any atom is -0.307 e. The number of nitriles is 1. The molecule has 0 saturated heterocycles. The highest BCUT2D eigenvalue weighted by molar-refractivity contribution is 6.22. The molecule has 2 heterocycles. The summed E-state index contributed by atoms with van der Waals surface area (Å²) in [6.07, 6.45) is 9.32. The molecule has 1 aliphatic carbocycles. The standard InChI is InChI=1S/C37H34N2/c1-6-11-25-20-29(24-16-18-37(4,5)19-17-24)34-28-14-9-10-15-31(28)39-35-30(21-38)27-13-8-7-12-26(27)22(2)32(35)23(3)33(25)36(34)39/h6-15,20,24H,3,16-19H2,1-2,4-5H3/b11-6-. The zero-order valence-corrected chi connectivity index (χ0v) is 23.4. The van der Waals surface area contributed by atoms with Crippen molar-refractivity contribution in [2.75, 3.05) is 0 Å². The molecule has 0 aliphatic heterocycles. The Hall–Kier alpha value is -4.09. The van der Waals surface area contributed by atoms with Crippen molar-refractivity contribution >= 4 is 61.5 Å². The van der Waals surface area contributed by atoms with Gasteiger partial charge < -0.3 is 4.40 Å². The molecular weight excluding hydrogens is 472 g/mol. The summed E-state index contributed by atoms with van der Waals surface area (Å²) in [6.45, 7) is 13.9. The van der Waals surface area contributed by atoms with Gasteiger partial charge in [0.1, 0.15) is 6.07 Å². The monoisotopic (exact) mass is 506 g/mol. The number of allylic oxidation sites excluding steroid dienone is 1. The fourth-order valence-electron chi connectivity index (χ4n) is 7.53. The lowest BCUT2D eigenvalue weighted by Crippen LogP contribution is -2.20. The summed E-state index contributed by atoms with van der Waals surface area (Å²) in [5.74, 6) is 0.527. The van der Waals surface area contributed by atoms with Crippen LogP contribution in [0.4, 0.5) is 0 Å². The van der Waals surface area contributed by atoms with Gasteiger partial charge in [0.25, 0.3) is 0 Å². The quantitative estimate of drug-likeness (QED) is 0.215. The summed E-state index contributed by atoms with van der Waals surface area (Å²) in [4.78, 5) is 0. The number of aromatic nitrogens is 1. The van der Waals surface area contributed by atoms with Gasteiger partial charge >= 0.3 is 0 Å². The van der Waals surface area contributed by atoms with Gasteiger partial charge in [-0.2, -0.15) is 5.26 Å². The van der Waals surface area contributed by atoms with Gasteiger partial charge in [0, 0.05) is 26.9 Å². The van der Waals surface area contributed by atoms with Crippen LogP contribution in [0.2, 0.25) is 0 Å². The van der Waals surface area contributed by atoms with Gasteiger partial charge in [-0.3, -0.25) is 0 Å². The van der Waals surface area contributed by atoms with Gasteiger partial charge in [-0.05, 0) is 84.2 Å². The average molecular weight is 507 g/mol. The lowest BCUT2D eigenvalue weighted by atomic mass is 9.70. The fraction of sp³-hybridized carbons (Fsp3) is 0.270. The molecule has 2 nitrogen and oxygen atoms in total. The van der Waals surface area contributed by atoms with E-state index in [0.29, 0.717) is 11.3 Å². The number of hydrogen-bond acceptors (Lipinski definition) is 1. The maximum Gasteiger partial charge on any atom is 0.102 e. The molecule has 0 spiro atoms. The summed E-state index contributed by atoms with van der Waals surface area (Å²) in [5.41, 5.74) is 8.40. The number of benzene rings is 4. The normalized spacial score (nSPS) is 16.4. The van der Waals surface area contributed by atoms with Crippen molar-refractivity contribution in [2.45, 2.75) is 59.3 Å². The fourth-order valence-corrected chi connectivity index (χ4v) is 7.53. The Kier molecular flexibility index (Phi) is 5.20. The highest BCUT2D eigenvalue weighted by atomic mass is 14.9. The summed E-state index contributed by atoms with van der Waals surface area (Å²) < 4.78 is 2.41. The number of para-hydroxylation sites is 1. The molecule has 1 aliphatic rings. The molecule has 0 radical (unpaired) electrons. The topological polar surface area (TPSA) is 28.2 Å². The van der Waals surface area contributed by atoms with Crippen LogP contribution in [-0.2, 0) is 0 Å². The smallest absolute Gasteiger partial charge is 0.102 e. The molecule has 1 fully saturated rings. The van der Waals surface area contributed by atoms with E-state index >= 15 is 0 Å². The molecule has 7 rings (SSSR count). The van der Waals surface area contributed by atoms with Crippen LogP contribution in [0, 0.1) is 23.7 Å². The molecule has 6 aromatic rings. The minimum absolute atomic E-state index is 0.411. The van der Waals surface area contributed by atoms with Gasteiger partial charge in [-0.25, -0.2) is 0 Å². The SMILES string of the molecule is C=c1c2c(C)c3ccccc3c(C#N)c2n2c3ccccc3c3c(C4CCC(C)(C)CC4)cc(/C=C\C)c1c32. The maximum atomic E-state index is 10.6. The number of nitrogens with zero attached hydrogens (tertiary/aromatic N) is 2. The van der Waals surface area contributed by atoms with E-state index in [9.17, 15) is 5.26 Å².